The van der Waals surface area contributed by atoms with E-state index >= 15 is 0 Å². The zero-order valence-corrected chi connectivity index (χ0v) is 17.7. The third kappa shape index (κ3) is 3.29. The molecule has 2 bridgehead atoms. The first kappa shape index (κ1) is 19.5. The highest BCUT2D eigenvalue weighted by Gasteiger charge is 2.44. The number of sulfonamides is 1. The zero-order chi connectivity index (χ0) is 21.0. The van der Waals surface area contributed by atoms with Gasteiger partial charge in [0.15, 0.2) is 0 Å². The van der Waals surface area contributed by atoms with Crippen molar-refractivity contribution in [1.29, 1.82) is 0 Å². The van der Waals surface area contributed by atoms with E-state index in [-0.39, 0.29) is 23.8 Å². The van der Waals surface area contributed by atoms with Crippen molar-refractivity contribution in [1.82, 2.24) is 4.90 Å². The largest absolute Gasteiger partial charge is 0.333 e. The first-order valence-electron chi connectivity index (χ1n) is 10.5. The second kappa shape index (κ2) is 7.08. The molecule has 0 N–H and O–H groups in total. The third-order valence-electron chi connectivity index (χ3n) is 6.89. The van der Waals surface area contributed by atoms with Crippen LogP contribution in [-0.4, -0.2) is 44.1 Å². The molecule has 3 heterocycles. The zero-order valence-electron chi connectivity index (χ0n) is 16.9. The van der Waals surface area contributed by atoms with Crippen LogP contribution in [0.5, 0.6) is 0 Å². The van der Waals surface area contributed by atoms with Crippen LogP contribution in [0.4, 0.5) is 10.1 Å². The summed E-state index contributed by atoms with van der Waals surface area (Å²) in [6, 6.07) is 12.6. The smallest absolute Gasteiger partial charge is 0.254 e. The molecule has 5 rings (SSSR count). The lowest BCUT2D eigenvalue weighted by Crippen LogP contribution is -2.46. The standard InChI is InChI=1S/C23H25FN2O3S/c1-30(28,29)25-11-10-16-12-17(4-9-22(16)25)23(27)26-20-7-8-21(26)14-18(13-20)15-2-5-19(24)6-3-15/h2-6,9,12,18,20-21H,7-8,10-11,13-14H2,1H3/t18?,20-,21+. The minimum absolute atomic E-state index is 0.0423. The van der Waals surface area contributed by atoms with Gasteiger partial charge in [-0.15, -0.1) is 0 Å². The monoisotopic (exact) mass is 428 g/mol. The Morgan fingerprint density at radius 3 is 2.33 bits per heavy atom. The number of amides is 1. The molecule has 0 radical (unpaired) electrons. The average molecular weight is 429 g/mol. The molecule has 3 aliphatic rings. The van der Waals surface area contributed by atoms with Crippen molar-refractivity contribution in [2.24, 2.45) is 0 Å². The molecule has 2 saturated heterocycles. The summed E-state index contributed by atoms with van der Waals surface area (Å²) in [6.07, 6.45) is 5.65. The summed E-state index contributed by atoms with van der Waals surface area (Å²) in [4.78, 5) is 15.4. The molecule has 0 saturated carbocycles. The van der Waals surface area contributed by atoms with Crippen molar-refractivity contribution < 1.29 is 17.6 Å². The van der Waals surface area contributed by atoms with Crippen LogP contribution in [0.1, 0.15) is 53.1 Å². The van der Waals surface area contributed by atoms with E-state index in [1.807, 2.05) is 23.1 Å². The maximum absolute atomic E-state index is 13.4. The Kier molecular flexibility index (Phi) is 4.61. The lowest BCUT2D eigenvalue weighted by molar-refractivity contribution is 0.0571. The molecule has 1 amide bonds. The van der Waals surface area contributed by atoms with Gasteiger partial charge in [-0.1, -0.05) is 12.1 Å². The maximum atomic E-state index is 13.4. The number of hydrogen-bond donors (Lipinski definition) is 0. The van der Waals surface area contributed by atoms with Crippen molar-refractivity contribution in [2.45, 2.75) is 50.1 Å². The topological polar surface area (TPSA) is 57.7 Å². The van der Waals surface area contributed by atoms with Crippen molar-refractivity contribution in [3.63, 3.8) is 0 Å². The number of carbonyl (C=O) groups excluding carboxylic acids is 1. The molecule has 0 aliphatic carbocycles. The first-order chi connectivity index (χ1) is 14.3. The Morgan fingerprint density at radius 2 is 1.70 bits per heavy atom. The van der Waals surface area contributed by atoms with Crippen molar-refractivity contribution in [3.8, 4) is 0 Å². The van der Waals surface area contributed by atoms with E-state index in [2.05, 4.69) is 0 Å². The molecule has 0 spiro atoms. The lowest BCUT2D eigenvalue weighted by Gasteiger charge is -2.39. The molecule has 2 aromatic carbocycles. The van der Waals surface area contributed by atoms with Crippen molar-refractivity contribution in [3.05, 3.63) is 65.0 Å². The molecular weight excluding hydrogens is 403 g/mol. The predicted octanol–water partition coefficient (Wildman–Crippen LogP) is 3.70. The number of fused-ring (bicyclic) bond motifs is 3. The van der Waals surface area contributed by atoms with Gasteiger partial charge in [-0.05, 0) is 79.5 Å². The SMILES string of the molecule is CS(=O)(=O)N1CCc2cc(C(=O)N3[C@@H]4CC[C@H]3CC(c3ccc(F)cc3)C4)ccc21. The number of benzene rings is 2. The molecule has 0 aromatic heterocycles. The number of carbonyl (C=O) groups is 1. The molecule has 3 atom stereocenters. The Balaban J connectivity index is 1.36. The fraction of sp³-hybridized carbons (Fsp3) is 0.435. The van der Waals surface area contributed by atoms with Gasteiger partial charge in [-0.2, -0.15) is 0 Å². The quantitative estimate of drug-likeness (QED) is 0.749. The van der Waals surface area contributed by atoms with Gasteiger partial charge in [0.05, 0.1) is 11.9 Å². The van der Waals surface area contributed by atoms with Gasteiger partial charge in [-0.3, -0.25) is 9.10 Å². The lowest BCUT2D eigenvalue weighted by atomic mass is 9.84. The van der Waals surface area contributed by atoms with Gasteiger partial charge in [-0.25, -0.2) is 12.8 Å². The van der Waals surface area contributed by atoms with E-state index in [0.29, 0.717) is 30.1 Å². The Morgan fingerprint density at radius 1 is 1.03 bits per heavy atom. The summed E-state index contributed by atoms with van der Waals surface area (Å²) in [5, 5.41) is 0. The summed E-state index contributed by atoms with van der Waals surface area (Å²) in [5.41, 5.74) is 3.40. The van der Waals surface area contributed by atoms with Crippen LogP contribution < -0.4 is 4.31 Å². The van der Waals surface area contributed by atoms with Crippen molar-refractivity contribution in [2.75, 3.05) is 17.1 Å². The van der Waals surface area contributed by atoms with Gasteiger partial charge in [0.25, 0.3) is 5.91 Å². The maximum Gasteiger partial charge on any atom is 0.254 e. The number of halogens is 1. The van der Waals surface area contributed by atoms with Gasteiger partial charge in [0.2, 0.25) is 10.0 Å². The highest BCUT2D eigenvalue weighted by Crippen LogP contribution is 2.44. The minimum Gasteiger partial charge on any atom is -0.333 e. The summed E-state index contributed by atoms with van der Waals surface area (Å²) in [7, 11) is -3.30. The molecule has 7 heteroatoms. The fourth-order valence-electron chi connectivity index (χ4n) is 5.51. The van der Waals surface area contributed by atoms with Gasteiger partial charge >= 0.3 is 0 Å². The first-order valence-corrected chi connectivity index (χ1v) is 12.3. The number of nitrogens with zero attached hydrogens (tertiary/aromatic N) is 2. The van der Waals surface area contributed by atoms with Crippen LogP contribution >= 0.6 is 0 Å². The summed E-state index contributed by atoms with van der Waals surface area (Å²) >= 11 is 0. The number of hydrogen-bond acceptors (Lipinski definition) is 3. The van der Waals surface area contributed by atoms with Crippen molar-refractivity contribution >= 4 is 21.6 Å². The molecule has 5 nitrogen and oxygen atoms in total. The van der Waals surface area contributed by atoms with E-state index < -0.39 is 10.0 Å². The Bertz CT molecular complexity index is 1090. The molecule has 2 fully saturated rings. The van der Waals surface area contributed by atoms with E-state index in [4.69, 9.17) is 0 Å². The second-order valence-corrected chi connectivity index (χ2v) is 10.7. The third-order valence-corrected chi connectivity index (χ3v) is 8.07. The minimum atomic E-state index is -3.30. The summed E-state index contributed by atoms with van der Waals surface area (Å²) in [5.74, 6) is 0.177. The van der Waals surface area contributed by atoms with E-state index in [9.17, 15) is 17.6 Å². The van der Waals surface area contributed by atoms with E-state index in [1.54, 1.807) is 12.1 Å². The molecule has 2 aromatic rings. The van der Waals surface area contributed by atoms with Crippen LogP contribution in [0.15, 0.2) is 42.5 Å². The predicted molar refractivity (Wildman–Crippen MR) is 114 cm³/mol. The normalized spacial score (nSPS) is 25.5. The number of rotatable bonds is 3. The second-order valence-electron chi connectivity index (χ2n) is 8.75. The van der Waals surface area contributed by atoms with Gasteiger partial charge in [0, 0.05) is 24.2 Å². The van der Waals surface area contributed by atoms with Crippen LogP contribution in [0.25, 0.3) is 0 Å². The molecule has 1 unspecified atom stereocenters. The number of piperidine rings is 1. The number of anilines is 1. The summed E-state index contributed by atoms with van der Waals surface area (Å²) in [6.45, 7) is 0.431. The Hall–Kier alpha value is -2.41. The van der Waals surface area contributed by atoms with Crippen LogP contribution in [0.2, 0.25) is 0 Å². The fourth-order valence-corrected chi connectivity index (χ4v) is 6.47. The molecule has 3 aliphatic heterocycles. The van der Waals surface area contributed by atoms with Gasteiger partial charge < -0.3 is 4.90 Å². The average Bonchev–Trinajstić information content (AvgIpc) is 3.25. The highest BCUT2D eigenvalue weighted by molar-refractivity contribution is 7.92. The van der Waals surface area contributed by atoms with Crippen LogP contribution in [0, 0.1) is 5.82 Å². The Labute approximate surface area is 176 Å². The molecule has 30 heavy (non-hydrogen) atoms. The van der Waals surface area contributed by atoms with E-state index in [1.165, 1.54) is 22.7 Å². The van der Waals surface area contributed by atoms with E-state index in [0.717, 1.165) is 36.8 Å². The molecule has 158 valence electrons. The highest BCUT2D eigenvalue weighted by atomic mass is 32.2. The molecular formula is C23H25FN2O3S. The van der Waals surface area contributed by atoms with Crippen LogP contribution in [0.3, 0.4) is 0 Å². The van der Waals surface area contributed by atoms with Gasteiger partial charge in [0.1, 0.15) is 5.82 Å². The van der Waals surface area contributed by atoms with Crippen LogP contribution in [-0.2, 0) is 16.4 Å². The summed E-state index contributed by atoms with van der Waals surface area (Å²) < 4.78 is 38.6.